The van der Waals surface area contributed by atoms with E-state index in [1.807, 2.05) is 35.4 Å². The monoisotopic (exact) mass is 375 g/mol. The van der Waals surface area contributed by atoms with E-state index in [9.17, 15) is 4.79 Å². The number of aryl methyl sites for hydroxylation is 1. The average Bonchev–Trinajstić information content (AvgIpc) is 3.32. The van der Waals surface area contributed by atoms with Crippen molar-refractivity contribution in [2.24, 2.45) is 0 Å². The molecule has 0 fully saturated rings. The largest absolute Gasteiger partial charge is 0.360 e. The normalized spacial score (nSPS) is 13.7. The van der Waals surface area contributed by atoms with E-state index in [4.69, 9.17) is 4.52 Å². The van der Waals surface area contributed by atoms with E-state index in [0.29, 0.717) is 25.2 Å². The summed E-state index contributed by atoms with van der Waals surface area (Å²) in [6, 6.07) is 14.4. The van der Waals surface area contributed by atoms with Gasteiger partial charge in [0.2, 0.25) is 0 Å². The van der Waals surface area contributed by atoms with Gasteiger partial charge in [-0.2, -0.15) is 0 Å². The van der Waals surface area contributed by atoms with Crippen LogP contribution in [0, 0.1) is 6.92 Å². The van der Waals surface area contributed by atoms with Crippen LogP contribution in [0.2, 0.25) is 0 Å². The Balaban J connectivity index is 1.54. The Hall–Kier alpha value is -2.99. The van der Waals surface area contributed by atoms with Crippen molar-refractivity contribution >= 4 is 28.0 Å². The highest BCUT2D eigenvalue weighted by Gasteiger charge is 2.29. The van der Waals surface area contributed by atoms with Crippen molar-refractivity contribution in [1.82, 2.24) is 15.0 Å². The highest BCUT2D eigenvalue weighted by atomic mass is 32.1. The topological polar surface area (TPSA) is 59.2 Å². The van der Waals surface area contributed by atoms with Crippen molar-refractivity contribution in [3.63, 3.8) is 0 Å². The molecule has 5 nitrogen and oxygen atoms in total. The molecule has 0 aliphatic carbocycles. The zero-order valence-electron chi connectivity index (χ0n) is 14.8. The summed E-state index contributed by atoms with van der Waals surface area (Å²) < 4.78 is 5.63. The highest BCUT2D eigenvalue weighted by Crippen LogP contribution is 2.34. The quantitative estimate of drug-likeness (QED) is 0.519. The van der Waals surface area contributed by atoms with Crippen molar-refractivity contribution in [1.29, 1.82) is 0 Å². The average molecular weight is 375 g/mol. The van der Waals surface area contributed by atoms with Crippen LogP contribution < -0.4 is 0 Å². The number of hydrogen-bond acceptors (Lipinski definition) is 5. The van der Waals surface area contributed by atoms with Gasteiger partial charge in [0.1, 0.15) is 17.1 Å². The first-order valence-electron chi connectivity index (χ1n) is 8.87. The number of fused-ring (bicyclic) bond motifs is 2. The predicted octanol–water partition coefficient (Wildman–Crippen LogP) is 4.46. The van der Waals surface area contributed by atoms with Gasteiger partial charge in [0.15, 0.2) is 0 Å². The Morgan fingerprint density at radius 3 is 2.89 bits per heavy atom. The molecular formula is C21H17N3O2S. The molecule has 5 rings (SSSR count). The molecule has 134 valence electrons. The maximum absolute atomic E-state index is 12.8. The standard InChI is InChI=1S/C21H17N3O2S/c1-13-22-18(12-27-13)21(25)24-10-9-19-17(11-24)20(23-26-19)16-8-4-6-14-5-2-3-7-15(14)16/h2-8,12H,9-11H2,1H3. The van der Waals surface area contributed by atoms with Gasteiger partial charge < -0.3 is 9.42 Å². The summed E-state index contributed by atoms with van der Waals surface area (Å²) in [6.07, 6.45) is 0.669. The fourth-order valence-corrected chi connectivity index (χ4v) is 4.24. The Morgan fingerprint density at radius 2 is 2.04 bits per heavy atom. The number of amides is 1. The summed E-state index contributed by atoms with van der Waals surface area (Å²) >= 11 is 1.50. The molecule has 6 heteroatoms. The molecule has 0 unspecified atom stereocenters. The fraction of sp³-hybridized carbons (Fsp3) is 0.190. The summed E-state index contributed by atoms with van der Waals surface area (Å²) in [5, 5.41) is 9.38. The smallest absolute Gasteiger partial charge is 0.273 e. The van der Waals surface area contributed by atoms with Crippen LogP contribution in [0.3, 0.4) is 0 Å². The molecule has 27 heavy (non-hydrogen) atoms. The molecule has 0 radical (unpaired) electrons. The predicted molar refractivity (Wildman–Crippen MR) is 105 cm³/mol. The van der Waals surface area contributed by atoms with Crippen molar-refractivity contribution in [2.45, 2.75) is 19.9 Å². The maximum atomic E-state index is 12.8. The fourth-order valence-electron chi connectivity index (χ4n) is 3.65. The lowest BCUT2D eigenvalue weighted by atomic mass is 9.97. The van der Waals surface area contributed by atoms with E-state index in [-0.39, 0.29) is 5.91 Å². The molecule has 0 saturated heterocycles. The number of thiazole rings is 1. The molecule has 2 aromatic heterocycles. The number of carbonyl (C=O) groups excluding carboxylic acids is 1. The Kier molecular flexibility index (Phi) is 3.79. The van der Waals surface area contributed by atoms with Gasteiger partial charge in [-0.25, -0.2) is 4.98 Å². The molecule has 0 spiro atoms. The van der Waals surface area contributed by atoms with Gasteiger partial charge >= 0.3 is 0 Å². The third kappa shape index (κ3) is 2.73. The zero-order chi connectivity index (χ0) is 18.4. The molecule has 0 bridgehead atoms. The minimum absolute atomic E-state index is 0.0323. The van der Waals surface area contributed by atoms with E-state index in [1.54, 1.807) is 0 Å². The molecule has 1 aliphatic rings. The Morgan fingerprint density at radius 1 is 1.19 bits per heavy atom. The molecule has 0 N–H and O–H groups in total. The number of benzene rings is 2. The molecule has 0 atom stereocenters. The first-order valence-corrected chi connectivity index (χ1v) is 9.75. The van der Waals surface area contributed by atoms with Crippen LogP contribution in [0.1, 0.15) is 26.8 Å². The first-order chi connectivity index (χ1) is 13.2. The first kappa shape index (κ1) is 16.2. The van der Waals surface area contributed by atoms with E-state index in [0.717, 1.165) is 38.4 Å². The van der Waals surface area contributed by atoms with E-state index >= 15 is 0 Å². The summed E-state index contributed by atoms with van der Waals surface area (Å²) in [5.74, 6) is 0.839. The van der Waals surface area contributed by atoms with E-state index in [1.165, 1.54) is 11.3 Å². The molecule has 4 aromatic rings. The van der Waals surface area contributed by atoms with Crippen LogP contribution in [-0.4, -0.2) is 27.5 Å². The summed E-state index contributed by atoms with van der Waals surface area (Å²) in [7, 11) is 0. The lowest BCUT2D eigenvalue weighted by Crippen LogP contribution is -2.35. The lowest BCUT2D eigenvalue weighted by Gasteiger charge is -2.25. The second kappa shape index (κ2) is 6.32. The maximum Gasteiger partial charge on any atom is 0.273 e. The minimum Gasteiger partial charge on any atom is -0.360 e. The number of nitrogens with zero attached hydrogens (tertiary/aromatic N) is 3. The van der Waals surface area contributed by atoms with E-state index < -0.39 is 0 Å². The van der Waals surface area contributed by atoms with Crippen molar-refractivity contribution < 1.29 is 9.32 Å². The van der Waals surface area contributed by atoms with Crippen LogP contribution in [0.25, 0.3) is 22.0 Å². The third-order valence-electron chi connectivity index (χ3n) is 5.00. The number of aromatic nitrogens is 2. The van der Waals surface area contributed by atoms with Gasteiger partial charge in [0.05, 0.1) is 11.6 Å². The molecule has 2 aromatic carbocycles. The summed E-state index contributed by atoms with van der Waals surface area (Å²) in [5.41, 5.74) is 3.38. The Labute approximate surface area is 160 Å². The number of rotatable bonds is 2. The van der Waals surface area contributed by atoms with Crippen LogP contribution in [-0.2, 0) is 13.0 Å². The second-order valence-electron chi connectivity index (χ2n) is 6.69. The minimum atomic E-state index is -0.0323. The Bertz CT molecular complexity index is 1160. The van der Waals surface area contributed by atoms with Crippen molar-refractivity contribution in [3.8, 4) is 11.3 Å². The van der Waals surface area contributed by atoms with E-state index in [2.05, 4.69) is 34.4 Å². The van der Waals surface area contributed by atoms with Gasteiger partial charge in [0.25, 0.3) is 5.91 Å². The van der Waals surface area contributed by atoms with Gasteiger partial charge in [0, 0.05) is 29.5 Å². The molecule has 3 heterocycles. The molecular weight excluding hydrogens is 358 g/mol. The van der Waals surface area contributed by atoms with Crippen molar-refractivity contribution in [3.05, 3.63) is 69.9 Å². The number of carbonyl (C=O) groups is 1. The van der Waals surface area contributed by atoms with Gasteiger partial charge in [-0.05, 0) is 17.7 Å². The van der Waals surface area contributed by atoms with Gasteiger partial charge in [-0.3, -0.25) is 4.79 Å². The number of hydrogen-bond donors (Lipinski definition) is 0. The lowest BCUT2D eigenvalue weighted by molar-refractivity contribution is 0.0724. The molecule has 1 amide bonds. The summed E-state index contributed by atoms with van der Waals surface area (Å²) in [6.45, 7) is 3.02. The molecule has 1 aliphatic heterocycles. The van der Waals surface area contributed by atoms with Crippen molar-refractivity contribution in [2.75, 3.05) is 6.54 Å². The zero-order valence-corrected chi connectivity index (χ0v) is 15.6. The second-order valence-corrected chi connectivity index (χ2v) is 7.75. The third-order valence-corrected chi connectivity index (χ3v) is 5.77. The van der Waals surface area contributed by atoms with Crippen LogP contribution in [0.5, 0.6) is 0 Å². The highest BCUT2D eigenvalue weighted by molar-refractivity contribution is 7.09. The van der Waals surface area contributed by atoms with Crippen LogP contribution in [0.4, 0.5) is 0 Å². The van der Waals surface area contributed by atoms with Crippen LogP contribution in [0.15, 0.2) is 52.4 Å². The van der Waals surface area contributed by atoms with Gasteiger partial charge in [-0.1, -0.05) is 47.6 Å². The SMILES string of the molecule is Cc1nc(C(=O)N2CCc3onc(-c4cccc5ccccc45)c3C2)cs1. The van der Waals surface area contributed by atoms with Gasteiger partial charge in [-0.15, -0.1) is 11.3 Å². The van der Waals surface area contributed by atoms with Crippen LogP contribution >= 0.6 is 11.3 Å². The molecule has 0 saturated carbocycles. The summed E-state index contributed by atoms with van der Waals surface area (Å²) in [4.78, 5) is 19.0.